The molecule has 0 saturated heterocycles. The van der Waals surface area contributed by atoms with E-state index in [-0.39, 0.29) is 0 Å². The third-order valence-electron chi connectivity index (χ3n) is 3.97. The van der Waals surface area contributed by atoms with Crippen molar-refractivity contribution < 1.29 is 0 Å². The van der Waals surface area contributed by atoms with Crippen LogP contribution in [0.3, 0.4) is 0 Å². The van der Waals surface area contributed by atoms with Crippen molar-refractivity contribution in [1.82, 2.24) is 0 Å². The van der Waals surface area contributed by atoms with Gasteiger partial charge in [0.1, 0.15) is 0 Å². The van der Waals surface area contributed by atoms with Gasteiger partial charge in [0.2, 0.25) is 0 Å². The monoisotopic (exact) mass is 248 g/mol. The van der Waals surface area contributed by atoms with Crippen LogP contribution in [-0.2, 0) is 0 Å². The van der Waals surface area contributed by atoms with Gasteiger partial charge in [0, 0.05) is 0 Å². The minimum Gasteiger partial charge on any atom is -0.0776 e. The molecule has 0 heterocycles. The molecular formula is C18H32. The SMILES string of the molecule is CCCCCCCCCCCCCC1C=CC=C1. The molecule has 0 saturated carbocycles. The zero-order valence-electron chi connectivity index (χ0n) is 12.4. The van der Waals surface area contributed by atoms with E-state index < -0.39 is 0 Å². The Bertz CT molecular complexity index is 212. The zero-order valence-corrected chi connectivity index (χ0v) is 12.4. The Labute approximate surface area is 115 Å². The van der Waals surface area contributed by atoms with Crippen LogP contribution in [0, 0.1) is 5.92 Å². The third kappa shape index (κ3) is 8.55. The number of rotatable bonds is 12. The van der Waals surface area contributed by atoms with Crippen LogP contribution in [0.2, 0.25) is 0 Å². The molecule has 0 fully saturated rings. The van der Waals surface area contributed by atoms with Crippen LogP contribution in [0.15, 0.2) is 24.3 Å². The molecule has 0 aromatic rings. The van der Waals surface area contributed by atoms with Gasteiger partial charge in [-0.05, 0) is 12.3 Å². The second-order valence-corrected chi connectivity index (χ2v) is 5.76. The lowest BCUT2D eigenvalue weighted by molar-refractivity contribution is 0.535. The van der Waals surface area contributed by atoms with Crippen molar-refractivity contribution >= 4 is 0 Å². The third-order valence-corrected chi connectivity index (χ3v) is 3.97. The molecular weight excluding hydrogens is 216 g/mol. The number of unbranched alkanes of at least 4 members (excludes halogenated alkanes) is 10. The van der Waals surface area contributed by atoms with Crippen molar-refractivity contribution in [3.05, 3.63) is 24.3 Å². The molecule has 18 heavy (non-hydrogen) atoms. The maximum atomic E-state index is 2.33. The Kier molecular flexibility index (Phi) is 9.98. The van der Waals surface area contributed by atoms with Crippen molar-refractivity contribution in [3.63, 3.8) is 0 Å². The fourth-order valence-corrected chi connectivity index (χ4v) is 2.71. The van der Waals surface area contributed by atoms with E-state index >= 15 is 0 Å². The zero-order chi connectivity index (χ0) is 12.9. The Balaban J connectivity index is 1.71. The summed E-state index contributed by atoms with van der Waals surface area (Å²) in [4.78, 5) is 0. The molecule has 0 aromatic carbocycles. The number of allylic oxidation sites excluding steroid dienone is 4. The molecule has 0 aliphatic heterocycles. The lowest BCUT2D eigenvalue weighted by Gasteiger charge is -2.05. The second-order valence-electron chi connectivity index (χ2n) is 5.76. The van der Waals surface area contributed by atoms with Crippen molar-refractivity contribution in [2.75, 3.05) is 0 Å². The highest BCUT2D eigenvalue weighted by atomic mass is 14.1. The highest BCUT2D eigenvalue weighted by Gasteiger charge is 2.02. The fourth-order valence-electron chi connectivity index (χ4n) is 2.71. The summed E-state index contributed by atoms with van der Waals surface area (Å²) in [5.41, 5.74) is 0. The molecule has 1 aliphatic carbocycles. The van der Waals surface area contributed by atoms with Crippen LogP contribution in [0.4, 0.5) is 0 Å². The molecule has 1 rings (SSSR count). The Morgan fingerprint density at radius 1 is 0.611 bits per heavy atom. The van der Waals surface area contributed by atoms with Crippen LogP contribution >= 0.6 is 0 Å². The molecule has 0 heteroatoms. The molecule has 0 spiro atoms. The molecule has 0 radical (unpaired) electrons. The molecule has 0 bridgehead atoms. The molecule has 0 amide bonds. The summed E-state index contributed by atoms with van der Waals surface area (Å²) in [6.07, 6.45) is 26.3. The van der Waals surface area contributed by atoms with E-state index in [1.165, 1.54) is 77.0 Å². The molecule has 0 unspecified atom stereocenters. The van der Waals surface area contributed by atoms with Crippen LogP contribution in [0.1, 0.15) is 84.0 Å². The first-order chi connectivity index (χ1) is 8.93. The van der Waals surface area contributed by atoms with Gasteiger partial charge in [-0.3, -0.25) is 0 Å². The summed E-state index contributed by atoms with van der Waals surface area (Å²) >= 11 is 0. The van der Waals surface area contributed by atoms with Crippen molar-refractivity contribution in [2.24, 2.45) is 5.92 Å². The van der Waals surface area contributed by atoms with Crippen LogP contribution in [0.25, 0.3) is 0 Å². The molecule has 0 atom stereocenters. The summed E-state index contributed by atoms with van der Waals surface area (Å²) in [6.45, 7) is 2.29. The summed E-state index contributed by atoms with van der Waals surface area (Å²) in [5.74, 6) is 0.753. The predicted octanol–water partition coefficient (Wildman–Crippen LogP) is 6.43. The molecule has 0 N–H and O–H groups in total. The smallest absolute Gasteiger partial charge is 0.00473 e. The lowest BCUT2D eigenvalue weighted by Crippen LogP contribution is -1.89. The van der Waals surface area contributed by atoms with Crippen molar-refractivity contribution in [2.45, 2.75) is 84.0 Å². The van der Waals surface area contributed by atoms with Crippen molar-refractivity contribution in [1.29, 1.82) is 0 Å². The van der Waals surface area contributed by atoms with Crippen LogP contribution < -0.4 is 0 Å². The average Bonchev–Trinajstić information content (AvgIpc) is 2.89. The maximum absolute atomic E-state index is 2.33. The quantitative estimate of drug-likeness (QED) is 0.349. The van der Waals surface area contributed by atoms with Gasteiger partial charge in [-0.25, -0.2) is 0 Å². The van der Waals surface area contributed by atoms with E-state index in [2.05, 4.69) is 31.2 Å². The summed E-state index contributed by atoms with van der Waals surface area (Å²) in [7, 11) is 0. The summed E-state index contributed by atoms with van der Waals surface area (Å²) in [5, 5.41) is 0. The van der Waals surface area contributed by atoms with Crippen LogP contribution in [0.5, 0.6) is 0 Å². The van der Waals surface area contributed by atoms with Gasteiger partial charge in [0.25, 0.3) is 0 Å². The van der Waals surface area contributed by atoms with E-state index in [0.29, 0.717) is 0 Å². The fraction of sp³-hybridized carbons (Fsp3) is 0.778. The minimum atomic E-state index is 0.753. The number of hydrogen-bond acceptors (Lipinski definition) is 0. The standard InChI is InChI=1S/C18H32/c1-2-3-4-5-6-7-8-9-10-11-12-15-18-16-13-14-17-18/h13-14,16-18H,2-12,15H2,1H3. The summed E-state index contributed by atoms with van der Waals surface area (Å²) in [6, 6.07) is 0. The predicted molar refractivity (Wildman–Crippen MR) is 82.8 cm³/mol. The van der Waals surface area contributed by atoms with E-state index in [9.17, 15) is 0 Å². The first-order valence-corrected chi connectivity index (χ1v) is 8.28. The average molecular weight is 248 g/mol. The molecule has 0 nitrogen and oxygen atoms in total. The Hall–Kier alpha value is -0.520. The molecule has 0 aromatic heterocycles. The largest absolute Gasteiger partial charge is 0.0776 e. The van der Waals surface area contributed by atoms with Gasteiger partial charge in [-0.2, -0.15) is 0 Å². The first kappa shape index (κ1) is 15.5. The van der Waals surface area contributed by atoms with E-state index in [0.717, 1.165) is 5.92 Å². The van der Waals surface area contributed by atoms with Gasteiger partial charge in [-0.15, -0.1) is 0 Å². The van der Waals surface area contributed by atoms with E-state index in [4.69, 9.17) is 0 Å². The Morgan fingerprint density at radius 3 is 1.56 bits per heavy atom. The minimum absolute atomic E-state index is 0.753. The van der Waals surface area contributed by atoms with Gasteiger partial charge in [0.15, 0.2) is 0 Å². The lowest BCUT2D eigenvalue weighted by atomic mass is 10.0. The number of hydrogen-bond donors (Lipinski definition) is 0. The normalized spacial score (nSPS) is 14.7. The highest BCUT2D eigenvalue weighted by molar-refractivity contribution is 5.17. The van der Waals surface area contributed by atoms with Gasteiger partial charge in [0.05, 0.1) is 0 Å². The van der Waals surface area contributed by atoms with Gasteiger partial charge < -0.3 is 0 Å². The van der Waals surface area contributed by atoms with Gasteiger partial charge >= 0.3 is 0 Å². The van der Waals surface area contributed by atoms with Gasteiger partial charge in [-0.1, -0.05) is 102 Å². The Morgan fingerprint density at radius 2 is 1.06 bits per heavy atom. The topological polar surface area (TPSA) is 0 Å². The maximum Gasteiger partial charge on any atom is -0.00473 e. The first-order valence-electron chi connectivity index (χ1n) is 8.28. The summed E-state index contributed by atoms with van der Waals surface area (Å²) < 4.78 is 0. The second kappa shape index (κ2) is 11.6. The van der Waals surface area contributed by atoms with E-state index in [1.807, 2.05) is 0 Å². The molecule has 104 valence electrons. The van der Waals surface area contributed by atoms with Crippen molar-refractivity contribution in [3.8, 4) is 0 Å². The van der Waals surface area contributed by atoms with Crippen LogP contribution in [-0.4, -0.2) is 0 Å². The van der Waals surface area contributed by atoms with E-state index in [1.54, 1.807) is 0 Å². The molecule has 1 aliphatic rings. The highest BCUT2D eigenvalue weighted by Crippen LogP contribution is 2.18.